The summed E-state index contributed by atoms with van der Waals surface area (Å²) in [6, 6.07) is 14.4. The molecule has 21 heavy (non-hydrogen) atoms. The molecule has 0 aromatic heterocycles. The van der Waals surface area contributed by atoms with E-state index in [4.69, 9.17) is 34.8 Å². The van der Waals surface area contributed by atoms with Crippen molar-refractivity contribution in [3.05, 3.63) is 68.7 Å². The molecule has 2 aromatic rings. The first-order valence-corrected chi connectivity index (χ1v) is 8.12. The first-order chi connectivity index (χ1) is 10.0. The maximum atomic E-state index is 6.31. The van der Waals surface area contributed by atoms with Gasteiger partial charge in [-0.05, 0) is 30.5 Å². The lowest BCUT2D eigenvalue weighted by Crippen LogP contribution is -2.24. The van der Waals surface area contributed by atoms with Crippen LogP contribution in [0.5, 0.6) is 0 Å². The Morgan fingerprint density at radius 1 is 0.952 bits per heavy atom. The van der Waals surface area contributed by atoms with Crippen molar-refractivity contribution in [2.75, 3.05) is 0 Å². The van der Waals surface area contributed by atoms with E-state index in [-0.39, 0.29) is 12.1 Å². The molecule has 2 rings (SSSR count). The summed E-state index contributed by atoms with van der Waals surface area (Å²) in [5.41, 5.74) is 2.23. The fraction of sp³-hybridized carbons (Fsp3) is 0.294. The second kappa shape index (κ2) is 7.51. The van der Waals surface area contributed by atoms with E-state index in [9.17, 15) is 0 Å². The standard InChI is InChI=1S/C17H18Cl3N/c1-3-15(12-7-5-4-6-8-12)21-11(2)13-9-10-14(18)17(20)16(13)19/h4-11,15,21H,3H2,1-2H3. The van der Waals surface area contributed by atoms with Gasteiger partial charge in [-0.3, -0.25) is 0 Å². The normalized spacial score (nSPS) is 14.0. The molecule has 0 radical (unpaired) electrons. The van der Waals surface area contributed by atoms with Crippen LogP contribution in [0.25, 0.3) is 0 Å². The van der Waals surface area contributed by atoms with E-state index in [2.05, 4.69) is 43.4 Å². The van der Waals surface area contributed by atoms with Crippen molar-refractivity contribution in [2.45, 2.75) is 32.4 Å². The number of halogens is 3. The van der Waals surface area contributed by atoms with Gasteiger partial charge in [0.2, 0.25) is 0 Å². The van der Waals surface area contributed by atoms with Crippen LogP contribution in [-0.4, -0.2) is 0 Å². The zero-order chi connectivity index (χ0) is 15.4. The Morgan fingerprint density at radius 2 is 1.62 bits per heavy atom. The molecule has 112 valence electrons. The SMILES string of the molecule is CCC(NC(C)c1ccc(Cl)c(Cl)c1Cl)c1ccccc1. The minimum absolute atomic E-state index is 0.0809. The quantitative estimate of drug-likeness (QED) is 0.616. The van der Waals surface area contributed by atoms with E-state index in [1.165, 1.54) is 5.56 Å². The third kappa shape index (κ3) is 3.92. The Labute approximate surface area is 141 Å². The molecular formula is C17H18Cl3N. The van der Waals surface area contributed by atoms with E-state index < -0.39 is 0 Å². The molecule has 0 heterocycles. The van der Waals surface area contributed by atoms with Gasteiger partial charge in [-0.1, -0.05) is 78.1 Å². The summed E-state index contributed by atoms with van der Waals surface area (Å²) in [7, 11) is 0. The van der Waals surface area contributed by atoms with Crippen molar-refractivity contribution < 1.29 is 0 Å². The van der Waals surface area contributed by atoms with Crippen LogP contribution in [0.4, 0.5) is 0 Å². The highest BCUT2D eigenvalue weighted by Crippen LogP contribution is 2.36. The fourth-order valence-electron chi connectivity index (χ4n) is 2.40. The first-order valence-electron chi connectivity index (χ1n) is 6.99. The van der Waals surface area contributed by atoms with Crippen molar-refractivity contribution in [3.63, 3.8) is 0 Å². The van der Waals surface area contributed by atoms with Crippen LogP contribution < -0.4 is 5.32 Å². The van der Waals surface area contributed by atoms with Gasteiger partial charge in [0.15, 0.2) is 0 Å². The largest absolute Gasteiger partial charge is 0.303 e. The van der Waals surface area contributed by atoms with Crippen LogP contribution in [0.15, 0.2) is 42.5 Å². The van der Waals surface area contributed by atoms with E-state index >= 15 is 0 Å². The Balaban J connectivity index is 2.21. The fourth-order valence-corrected chi connectivity index (χ4v) is 3.11. The topological polar surface area (TPSA) is 12.0 Å². The number of hydrogen-bond donors (Lipinski definition) is 1. The molecule has 2 aromatic carbocycles. The minimum Gasteiger partial charge on any atom is -0.303 e. The van der Waals surface area contributed by atoms with Gasteiger partial charge in [-0.15, -0.1) is 0 Å². The van der Waals surface area contributed by atoms with Crippen LogP contribution in [0, 0.1) is 0 Å². The van der Waals surface area contributed by atoms with Gasteiger partial charge < -0.3 is 5.32 Å². The summed E-state index contributed by atoms with van der Waals surface area (Å²) in [6.45, 7) is 4.24. The Kier molecular flexibility index (Phi) is 5.95. The maximum Gasteiger partial charge on any atom is 0.0781 e. The highest BCUT2D eigenvalue weighted by atomic mass is 35.5. The predicted molar refractivity (Wildman–Crippen MR) is 92.5 cm³/mol. The second-order valence-corrected chi connectivity index (χ2v) is 6.19. The summed E-state index contributed by atoms with van der Waals surface area (Å²) in [5.74, 6) is 0. The third-order valence-electron chi connectivity index (χ3n) is 3.59. The van der Waals surface area contributed by atoms with Crippen molar-refractivity contribution in [3.8, 4) is 0 Å². The number of nitrogens with one attached hydrogen (secondary N) is 1. The van der Waals surface area contributed by atoms with E-state index in [0.29, 0.717) is 15.1 Å². The number of benzene rings is 2. The summed E-state index contributed by atoms with van der Waals surface area (Å²) >= 11 is 18.4. The Hall–Kier alpha value is -0.730. The van der Waals surface area contributed by atoms with Crippen LogP contribution in [0.2, 0.25) is 15.1 Å². The third-order valence-corrected chi connectivity index (χ3v) is 4.90. The average molecular weight is 343 g/mol. The van der Waals surface area contributed by atoms with Gasteiger partial charge in [0.1, 0.15) is 0 Å². The Bertz CT molecular complexity index is 598. The molecule has 0 aliphatic carbocycles. The lowest BCUT2D eigenvalue weighted by Gasteiger charge is -2.24. The van der Waals surface area contributed by atoms with Crippen molar-refractivity contribution in [2.24, 2.45) is 0 Å². The molecule has 0 saturated heterocycles. The van der Waals surface area contributed by atoms with Crippen molar-refractivity contribution >= 4 is 34.8 Å². The smallest absolute Gasteiger partial charge is 0.0781 e. The lowest BCUT2D eigenvalue weighted by molar-refractivity contribution is 0.456. The molecule has 0 saturated carbocycles. The highest BCUT2D eigenvalue weighted by Gasteiger charge is 2.18. The molecule has 1 N–H and O–H groups in total. The molecule has 2 atom stereocenters. The molecule has 0 fully saturated rings. The molecule has 0 bridgehead atoms. The van der Waals surface area contributed by atoms with Gasteiger partial charge in [-0.2, -0.15) is 0 Å². The monoisotopic (exact) mass is 341 g/mol. The summed E-state index contributed by atoms with van der Waals surface area (Å²) in [4.78, 5) is 0. The molecule has 1 nitrogen and oxygen atoms in total. The average Bonchev–Trinajstić information content (AvgIpc) is 2.51. The molecule has 0 spiro atoms. The van der Waals surface area contributed by atoms with E-state index in [1.807, 2.05) is 12.1 Å². The highest BCUT2D eigenvalue weighted by molar-refractivity contribution is 6.48. The first kappa shape index (κ1) is 16.6. The van der Waals surface area contributed by atoms with Crippen LogP contribution in [0.3, 0.4) is 0 Å². The van der Waals surface area contributed by atoms with Crippen LogP contribution in [0.1, 0.15) is 43.5 Å². The summed E-state index contributed by atoms with van der Waals surface area (Å²) in [6.07, 6.45) is 0.993. The van der Waals surface area contributed by atoms with Gasteiger partial charge >= 0.3 is 0 Å². The van der Waals surface area contributed by atoms with E-state index in [0.717, 1.165) is 12.0 Å². The molecule has 4 heteroatoms. The summed E-state index contributed by atoms with van der Waals surface area (Å²) < 4.78 is 0. The molecule has 0 aliphatic heterocycles. The van der Waals surface area contributed by atoms with Gasteiger partial charge in [-0.25, -0.2) is 0 Å². The van der Waals surface area contributed by atoms with Crippen molar-refractivity contribution in [1.82, 2.24) is 5.32 Å². The maximum absolute atomic E-state index is 6.31. The summed E-state index contributed by atoms with van der Waals surface area (Å²) in [5, 5.41) is 5.01. The minimum atomic E-state index is 0.0809. The van der Waals surface area contributed by atoms with Crippen LogP contribution >= 0.6 is 34.8 Å². The molecule has 0 amide bonds. The molecule has 2 unspecified atom stereocenters. The molecule has 0 aliphatic rings. The van der Waals surface area contributed by atoms with E-state index in [1.54, 1.807) is 6.07 Å². The Morgan fingerprint density at radius 3 is 2.24 bits per heavy atom. The van der Waals surface area contributed by atoms with Gasteiger partial charge in [0.25, 0.3) is 0 Å². The lowest BCUT2D eigenvalue weighted by atomic mass is 10.0. The van der Waals surface area contributed by atoms with Gasteiger partial charge in [0.05, 0.1) is 15.1 Å². The predicted octanol–water partition coefficient (Wildman–Crippen LogP) is 6.45. The zero-order valence-electron chi connectivity index (χ0n) is 12.0. The van der Waals surface area contributed by atoms with Crippen molar-refractivity contribution in [1.29, 1.82) is 0 Å². The zero-order valence-corrected chi connectivity index (χ0v) is 14.3. The van der Waals surface area contributed by atoms with Gasteiger partial charge in [0, 0.05) is 12.1 Å². The van der Waals surface area contributed by atoms with Crippen LogP contribution in [-0.2, 0) is 0 Å². The molecular weight excluding hydrogens is 325 g/mol. The number of rotatable bonds is 5. The number of hydrogen-bond acceptors (Lipinski definition) is 1. The second-order valence-electron chi connectivity index (χ2n) is 5.02.